The summed E-state index contributed by atoms with van der Waals surface area (Å²) in [6.45, 7) is 1.04. The summed E-state index contributed by atoms with van der Waals surface area (Å²) in [4.78, 5) is 19.8. The molecule has 178 valence electrons. The first-order valence-electron chi connectivity index (χ1n) is 8.87. The van der Waals surface area contributed by atoms with E-state index in [4.69, 9.17) is 0 Å². The van der Waals surface area contributed by atoms with E-state index in [1.807, 2.05) is 0 Å². The van der Waals surface area contributed by atoms with Crippen LogP contribution in [-0.4, -0.2) is 36.8 Å². The molecule has 0 spiro atoms. The van der Waals surface area contributed by atoms with Gasteiger partial charge in [-0.25, -0.2) is 8.42 Å². The minimum atomic E-state index is -5.37. The van der Waals surface area contributed by atoms with E-state index in [1.165, 1.54) is 12.1 Å². The maximum absolute atomic E-state index is 13.1. The van der Waals surface area contributed by atoms with Gasteiger partial charge in [0.1, 0.15) is 10.1 Å². The molecule has 0 aromatic heterocycles. The third-order valence-corrected chi connectivity index (χ3v) is 5.97. The molecule has 0 saturated carbocycles. The fourth-order valence-corrected chi connectivity index (χ4v) is 4.13. The molecule has 0 atom stereocenters. The van der Waals surface area contributed by atoms with E-state index in [0.29, 0.717) is 6.07 Å². The first kappa shape index (κ1) is 32.0. The Morgan fingerprint density at radius 2 is 1.69 bits per heavy atom. The minimum absolute atomic E-state index is 0. The summed E-state index contributed by atoms with van der Waals surface area (Å²) in [6.07, 6.45) is 0. The molecular formula is C18H12N4Na2O10S2. The number of anilines is 1. The number of rotatable bonds is 6. The van der Waals surface area contributed by atoms with E-state index in [-0.39, 0.29) is 70.5 Å². The maximum Gasteiger partial charge on any atom is 1.00 e. The van der Waals surface area contributed by atoms with Crippen molar-refractivity contribution in [1.29, 1.82) is 0 Å². The number of carbonyl (C=O) groups is 1. The van der Waals surface area contributed by atoms with Gasteiger partial charge in [0.25, 0.3) is 15.8 Å². The predicted octanol–water partition coefficient (Wildman–Crippen LogP) is -3.65. The van der Waals surface area contributed by atoms with Gasteiger partial charge in [-0.1, -0.05) is 11.8 Å². The van der Waals surface area contributed by atoms with Gasteiger partial charge in [0, 0.05) is 24.7 Å². The fraction of sp³-hybridized carbons (Fsp3) is 0.0556. The van der Waals surface area contributed by atoms with Crippen molar-refractivity contribution in [3.05, 3.63) is 52.6 Å². The van der Waals surface area contributed by atoms with Gasteiger partial charge < -0.3 is 15.0 Å². The largest absolute Gasteiger partial charge is 1.00 e. The third-order valence-electron chi connectivity index (χ3n) is 4.29. The number of nitrogens with zero attached hydrogens (tertiary/aromatic N) is 3. The molecule has 36 heavy (non-hydrogen) atoms. The molecule has 0 bridgehead atoms. The van der Waals surface area contributed by atoms with Crippen LogP contribution in [0.15, 0.2) is 62.5 Å². The molecule has 0 radical (unpaired) electrons. The molecule has 0 fully saturated rings. The zero-order valence-electron chi connectivity index (χ0n) is 18.8. The number of nitro benzene ring substituents is 1. The number of fused-ring (bicyclic) bond motifs is 1. The van der Waals surface area contributed by atoms with E-state index in [1.54, 1.807) is 0 Å². The molecule has 14 nitrogen and oxygen atoms in total. The van der Waals surface area contributed by atoms with Crippen molar-refractivity contribution in [2.45, 2.75) is 16.7 Å². The van der Waals surface area contributed by atoms with Gasteiger partial charge >= 0.3 is 59.1 Å². The average molecular weight is 554 g/mol. The Hall–Kier alpha value is -1.99. The van der Waals surface area contributed by atoms with Gasteiger partial charge in [-0.05, 0) is 35.0 Å². The first-order chi connectivity index (χ1) is 15.7. The molecule has 0 heterocycles. The van der Waals surface area contributed by atoms with Crippen molar-refractivity contribution >= 4 is 59.7 Å². The van der Waals surface area contributed by atoms with E-state index in [2.05, 4.69) is 15.5 Å². The monoisotopic (exact) mass is 554 g/mol. The van der Waals surface area contributed by atoms with E-state index in [0.717, 1.165) is 31.2 Å². The summed E-state index contributed by atoms with van der Waals surface area (Å²) in [5, 5.41) is 32.5. The summed E-state index contributed by atoms with van der Waals surface area (Å²) in [6, 6.07) is 6.76. The third kappa shape index (κ3) is 7.28. The molecule has 2 N–H and O–H groups in total. The number of nitrogens with one attached hydrogen (secondary N) is 1. The smallest absolute Gasteiger partial charge is 0.870 e. The summed E-state index contributed by atoms with van der Waals surface area (Å²) in [7, 11) is -10.2. The number of non-ortho nitro benzene ring substituents is 1. The van der Waals surface area contributed by atoms with E-state index in [9.17, 15) is 46.0 Å². The van der Waals surface area contributed by atoms with Gasteiger partial charge in [0.05, 0.1) is 26.1 Å². The Morgan fingerprint density at radius 1 is 1.06 bits per heavy atom. The second kappa shape index (κ2) is 12.0. The van der Waals surface area contributed by atoms with Crippen LogP contribution in [0.4, 0.5) is 22.7 Å². The Bertz CT molecular complexity index is 1610. The molecule has 18 heteroatoms. The molecule has 0 aliphatic heterocycles. The zero-order chi connectivity index (χ0) is 25.4. The van der Waals surface area contributed by atoms with Gasteiger partial charge in [-0.2, -0.15) is 13.5 Å². The predicted molar refractivity (Wildman–Crippen MR) is 113 cm³/mol. The van der Waals surface area contributed by atoms with Crippen molar-refractivity contribution in [3.63, 3.8) is 0 Å². The average Bonchev–Trinajstić information content (AvgIpc) is 2.70. The van der Waals surface area contributed by atoms with Gasteiger partial charge in [0.2, 0.25) is 5.91 Å². The van der Waals surface area contributed by atoms with Crippen LogP contribution in [0.5, 0.6) is 5.75 Å². The summed E-state index contributed by atoms with van der Waals surface area (Å²) in [5.74, 6) is -1.96. The molecule has 0 aliphatic rings. The normalized spacial score (nSPS) is 11.5. The number of hydrogen-bond acceptors (Lipinski definition) is 11. The summed E-state index contributed by atoms with van der Waals surface area (Å²) in [5.41, 5.74) is -1.91. The topological polar surface area (TPSA) is 232 Å². The van der Waals surface area contributed by atoms with Crippen LogP contribution in [-0.2, 0) is 25.0 Å². The number of hydrogen-bond donors (Lipinski definition) is 2. The molecule has 0 unspecified atom stereocenters. The Balaban J connectivity index is 0.00000324. The molecule has 1 amide bonds. The minimum Gasteiger partial charge on any atom is -0.870 e. The van der Waals surface area contributed by atoms with Crippen molar-refractivity contribution in [2.75, 3.05) is 5.32 Å². The number of azo groups is 1. The van der Waals surface area contributed by atoms with Gasteiger partial charge in [-0.15, -0.1) is 5.11 Å². The Labute approximate surface area is 248 Å². The second-order valence-electron chi connectivity index (χ2n) is 6.71. The quantitative estimate of drug-likeness (QED) is 0.0997. The molecule has 0 saturated heterocycles. The van der Waals surface area contributed by atoms with Crippen LogP contribution < -0.4 is 69.5 Å². The standard InChI is InChI=1S/C18H14N4O10S2.2Na/c1-9(23)19-14-8-13(33(27,28)29)5-10-6-15(34(30,31)32)17(18(24)16(10)14)21-20-11-3-2-4-12(7-11)22(25)26;;/h2-8,24H,1H3,(H,19,23)(H,27,28,29)(H,30,31,32);;/q;2*+1/p-2. The van der Waals surface area contributed by atoms with Gasteiger partial charge in [0.15, 0.2) is 0 Å². The number of benzene rings is 3. The molecule has 3 rings (SSSR count). The molecular weight excluding hydrogens is 542 g/mol. The van der Waals surface area contributed by atoms with Crippen molar-refractivity contribution < 1.29 is 99.9 Å². The fourth-order valence-electron chi connectivity index (χ4n) is 2.94. The molecule has 3 aromatic carbocycles. The Kier molecular flexibility index (Phi) is 10.7. The number of nitro groups is 1. The van der Waals surface area contributed by atoms with Crippen LogP contribution in [0.1, 0.15) is 6.92 Å². The maximum atomic E-state index is 13.1. The van der Waals surface area contributed by atoms with Crippen LogP contribution >= 0.6 is 0 Å². The number of amides is 1. The second-order valence-corrected chi connectivity index (χ2v) is 9.48. The van der Waals surface area contributed by atoms with Crippen LogP contribution in [0.2, 0.25) is 0 Å². The van der Waals surface area contributed by atoms with E-state index >= 15 is 0 Å². The zero-order valence-corrected chi connectivity index (χ0v) is 24.5. The van der Waals surface area contributed by atoms with Crippen LogP contribution in [0.3, 0.4) is 0 Å². The van der Waals surface area contributed by atoms with E-state index < -0.39 is 68.8 Å². The van der Waals surface area contributed by atoms with Crippen LogP contribution in [0, 0.1) is 10.1 Å². The van der Waals surface area contributed by atoms with Crippen molar-refractivity contribution in [1.82, 2.24) is 0 Å². The van der Waals surface area contributed by atoms with Crippen molar-refractivity contribution in [3.8, 4) is 5.75 Å². The first-order valence-corrected chi connectivity index (χ1v) is 11.7. The number of carbonyl (C=O) groups excluding carboxylic acids is 1. The van der Waals surface area contributed by atoms with Crippen LogP contribution in [0.25, 0.3) is 10.8 Å². The molecule has 3 aromatic rings. The summed E-state index contributed by atoms with van der Waals surface area (Å²) >= 11 is 0. The SMILES string of the molecule is CC(=O)Nc1cc(S(=O)(=O)O)cc2cc(S(=O)(=O)[O-])c(N=Nc3cccc([N+](=O)[O-])c3)c([O-])c12.[Na+].[Na+]. The Morgan fingerprint density at radius 3 is 2.22 bits per heavy atom. The summed E-state index contributed by atoms with van der Waals surface area (Å²) < 4.78 is 68.0. The molecule has 0 aliphatic carbocycles. The van der Waals surface area contributed by atoms with Crippen molar-refractivity contribution in [2.24, 2.45) is 10.2 Å². The van der Waals surface area contributed by atoms with Gasteiger partial charge in [-0.3, -0.25) is 19.5 Å².